The number of halogens is 3. The summed E-state index contributed by atoms with van der Waals surface area (Å²) < 4.78 is 39.8. The second-order valence-electron chi connectivity index (χ2n) is 5.46. The first kappa shape index (κ1) is 13.1. The first-order valence-electron chi connectivity index (χ1n) is 6.47. The molecule has 2 aliphatic rings. The van der Waals surface area contributed by atoms with Crippen LogP contribution >= 0.6 is 0 Å². The van der Waals surface area contributed by atoms with Crippen LogP contribution in [0.25, 0.3) is 0 Å². The predicted molar refractivity (Wildman–Crippen MR) is 60.9 cm³/mol. The lowest BCUT2D eigenvalue weighted by Gasteiger charge is -2.33. The highest BCUT2D eigenvalue weighted by atomic mass is 19.4. The standard InChI is InChI=1S/C12H21F3N2/c1-3-6-16-11(12(13,14)15)7-9(2)17(8-11)10-4-5-10/h9-10,16H,3-8H2,1-2H3. The van der Waals surface area contributed by atoms with Crippen LogP contribution in [0.2, 0.25) is 0 Å². The Morgan fingerprint density at radius 1 is 1.35 bits per heavy atom. The first-order chi connectivity index (χ1) is 7.89. The van der Waals surface area contributed by atoms with Crippen molar-refractivity contribution in [1.82, 2.24) is 10.2 Å². The molecule has 1 aliphatic carbocycles. The third kappa shape index (κ3) is 2.45. The summed E-state index contributed by atoms with van der Waals surface area (Å²) in [7, 11) is 0. The molecule has 0 spiro atoms. The summed E-state index contributed by atoms with van der Waals surface area (Å²) in [6.07, 6.45) is -1.11. The molecular formula is C12H21F3N2. The van der Waals surface area contributed by atoms with E-state index in [1.54, 1.807) is 0 Å². The smallest absolute Gasteiger partial charge is 0.302 e. The number of hydrogen-bond acceptors (Lipinski definition) is 2. The van der Waals surface area contributed by atoms with E-state index in [1.807, 2.05) is 18.7 Å². The second kappa shape index (κ2) is 4.43. The molecule has 5 heteroatoms. The monoisotopic (exact) mass is 250 g/mol. The van der Waals surface area contributed by atoms with Crippen molar-refractivity contribution >= 4 is 0 Å². The van der Waals surface area contributed by atoms with Crippen molar-refractivity contribution in [3.05, 3.63) is 0 Å². The Morgan fingerprint density at radius 3 is 2.47 bits per heavy atom. The molecule has 0 bridgehead atoms. The second-order valence-corrected chi connectivity index (χ2v) is 5.46. The Balaban J connectivity index is 2.12. The Hall–Kier alpha value is -0.290. The van der Waals surface area contributed by atoms with Gasteiger partial charge in [0.25, 0.3) is 0 Å². The van der Waals surface area contributed by atoms with E-state index in [9.17, 15) is 13.2 Å². The molecule has 0 radical (unpaired) electrons. The van der Waals surface area contributed by atoms with Crippen LogP contribution in [0, 0.1) is 0 Å². The Morgan fingerprint density at radius 2 is 2.00 bits per heavy atom. The minimum absolute atomic E-state index is 0.0356. The third-order valence-electron chi connectivity index (χ3n) is 3.93. The molecule has 2 fully saturated rings. The summed E-state index contributed by atoms with van der Waals surface area (Å²) in [6.45, 7) is 4.38. The molecule has 2 nitrogen and oxygen atoms in total. The topological polar surface area (TPSA) is 15.3 Å². The van der Waals surface area contributed by atoms with Crippen molar-refractivity contribution in [3.8, 4) is 0 Å². The maximum Gasteiger partial charge on any atom is 0.407 e. The first-order valence-corrected chi connectivity index (χ1v) is 6.47. The van der Waals surface area contributed by atoms with Crippen molar-refractivity contribution in [1.29, 1.82) is 0 Å². The highest BCUT2D eigenvalue weighted by Crippen LogP contribution is 2.44. The van der Waals surface area contributed by atoms with E-state index >= 15 is 0 Å². The van der Waals surface area contributed by atoms with Gasteiger partial charge in [-0.3, -0.25) is 4.90 Å². The van der Waals surface area contributed by atoms with Crippen LogP contribution in [0.3, 0.4) is 0 Å². The van der Waals surface area contributed by atoms with Gasteiger partial charge in [0.2, 0.25) is 0 Å². The van der Waals surface area contributed by atoms with Crippen molar-refractivity contribution < 1.29 is 13.2 Å². The van der Waals surface area contributed by atoms with Gasteiger partial charge >= 0.3 is 6.18 Å². The van der Waals surface area contributed by atoms with Gasteiger partial charge in [0.05, 0.1) is 0 Å². The number of nitrogens with one attached hydrogen (secondary N) is 1. The molecule has 1 saturated heterocycles. The molecule has 2 unspecified atom stereocenters. The van der Waals surface area contributed by atoms with Gasteiger partial charge in [0.15, 0.2) is 0 Å². The minimum atomic E-state index is -4.15. The average molecular weight is 250 g/mol. The summed E-state index contributed by atoms with van der Waals surface area (Å²) in [6, 6.07) is 0.436. The molecule has 0 aromatic heterocycles. The van der Waals surface area contributed by atoms with Crippen LogP contribution in [0.1, 0.15) is 39.5 Å². The zero-order valence-electron chi connectivity index (χ0n) is 10.5. The quantitative estimate of drug-likeness (QED) is 0.825. The van der Waals surface area contributed by atoms with Gasteiger partial charge in [-0.15, -0.1) is 0 Å². The van der Waals surface area contributed by atoms with Crippen LogP contribution in [0.15, 0.2) is 0 Å². The molecule has 1 N–H and O–H groups in total. The summed E-state index contributed by atoms with van der Waals surface area (Å²) in [5, 5.41) is 2.76. The van der Waals surface area contributed by atoms with Crippen LogP contribution in [-0.2, 0) is 0 Å². The van der Waals surface area contributed by atoms with Gasteiger partial charge in [-0.25, -0.2) is 0 Å². The van der Waals surface area contributed by atoms with E-state index in [-0.39, 0.29) is 19.0 Å². The maximum atomic E-state index is 13.3. The zero-order chi connectivity index (χ0) is 12.7. The van der Waals surface area contributed by atoms with Crippen LogP contribution in [-0.4, -0.2) is 41.8 Å². The molecule has 0 aromatic rings. The van der Waals surface area contributed by atoms with E-state index in [0.29, 0.717) is 12.6 Å². The average Bonchev–Trinajstić information content (AvgIpc) is 2.99. The molecule has 17 heavy (non-hydrogen) atoms. The summed E-state index contributed by atoms with van der Waals surface area (Å²) in [5.41, 5.74) is -1.68. The third-order valence-corrected chi connectivity index (χ3v) is 3.93. The van der Waals surface area contributed by atoms with Crippen LogP contribution in [0.5, 0.6) is 0 Å². The maximum absolute atomic E-state index is 13.3. The molecule has 1 aliphatic heterocycles. The van der Waals surface area contributed by atoms with Gasteiger partial charge in [0.1, 0.15) is 5.54 Å². The van der Waals surface area contributed by atoms with E-state index < -0.39 is 11.7 Å². The lowest BCUT2D eigenvalue weighted by molar-refractivity contribution is -0.193. The van der Waals surface area contributed by atoms with Crippen molar-refractivity contribution in [2.75, 3.05) is 13.1 Å². The molecule has 1 heterocycles. The van der Waals surface area contributed by atoms with E-state index in [1.165, 1.54) is 0 Å². The van der Waals surface area contributed by atoms with E-state index in [4.69, 9.17) is 0 Å². The van der Waals surface area contributed by atoms with Gasteiger partial charge in [-0.1, -0.05) is 6.92 Å². The van der Waals surface area contributed by atoms with Gasteiger partial charge in [0, 0.05) is 18.6 Å². The van der Waals surface area contributed by atoms with Crippen molar-refractivity contribution in [3.63, 3.8) is 0 Å². The highest BCUT2D eigenvalue weighted by Gasteiger charge is 2.60. The lowest BCUT2D eigenvalue weighted by Crippen LogP contribution is -2.58. The van der Waals surface area contributed by atoms with Crippen molar-refractivity contribution in [2.45, 2.75) is 63.3 Å². The molecule has 2 atom stereocenters. The van der Waals surface area contributed by atoms with E-state index in [0.717, 1.165) is 19.3 Å². The number of nitrogens with zero attached hydrogens (tertiary/aromatic N) is 1. The SMILES string of the molecule is CCCNC1(C(F)(F)F)CC(C)N(C2CC2)C1. The number of rotatable bonds is 4. The largest absolute Gasteiger partial charge is 0.407 e. The fourth-order valence-electron chi connectivity index (χ4n) is 2.85. The Labute approximate surface area is 101 Å². The molecule has 1 saturated carbocycles. The zero-order valence-corrected chi connectivity index (χ0v) is 10.5. The number of likely N-dealkylation sites (tertiary alicyclic amines) is 1. The fourth-order valence-corrected chi connectivity index (χ4v) is 2.85. The number of hydrogen-bond donors (Lipinski definition) is 1. The lowest BCUT2D eigenvalue weighted by atomic mass is 9.95. The normalized spacial score (nSPS) is 35.5. The van der Waals surface area contributed by atoms with Gasteiger partial charge in [-0.05, 0) is 39.2 Å². The molecule has 0 amide bonds. The van der Waals surface area contributed by atoms with Gasteiger partial charge < -0.3 is 5.32 Å². The van der Waals surface area contributed by atoms with Gasteiger partial charge in [-0.2, -0.15) is 13.2 Å². The molecule has 0 aromatic carbocycles. The van der Waals surface area contributed by atoms with Crippen LogP contribution in [0.4, 0.5) is 13.2 Å². The summed E-state index contributed by atoms with van der Waals surface area (Å²) in [5.74, 6) is 0. The number of alkyl halides is 3. The molecule has 2 rings (SSSR count). The molecular weight excluding hydrogens is 229 g/mol. The Bertz CT molecular complexity index is 275. The van der Waals surface area contributed by atoms with E-state index in [2.05, 4.69) is 5.32 Å². The van der Waals surface area contributed by atoms with Crippen molar-refractivity contribution in [2.24, 2.45) is 0 Å². The predicted octanol–water partition coefficient (Wildman–Crippen LogP) is 2.54. The fraction of sp³-hybridized carbons (Fsp3) is 1.00. The molecule has 100 valence electrons. The van der Waals surface area contributed by atoms with Crippen LogP contribution < -0.4 is 5.32 Å². The summed E-state index contributed by atoms with van der Waals surface area (Å²) >= 11 is 0. The summed E-state index contributed by atoms with van der Waals surface area (Å²) in [4.78, 5) is 2.04. The minimum Gasteiger partial charge on any atom is -0.302 e. The Kier molecular flexibility index (Phi) is 3.42. The highest BCUT2D eigenvalue weighted by molar-refractivity contribution is 5.08.